The van der Waals surface area contributed by atoms with Gasteiger partial charge in [0.25, 0.3) is 0 Å². The second-order valence-corrected chi connectivity index (χ2v) is 7.74. The zero-order valence-electron chi connectivity index (χ0n) is 12.0. The van der Waals surface area contributed by atoms with Crippen molar-refractivity contribution >= 4 is 21.6 Å². The molecule has 3 nitrogen and oxygen atoms in total. The van der Waals surface area contributed by atoms with Crippen LogP contribution in [0.1, 0.15) is 24.3 Å². The Labute approximate surface area is 138 Å². The Kier molecular flexibility index (Phi) is 4.40. The van der Waals surface area contributed by atoms with E-state index in [1.165, 1.54) is 0 Å². The van der Waals surface area contributed by atoms with Crippen molar-refractivity contribution in [2.24, 2.45) is 0 Å². The van der Waals surface area contributed by atoms with Gasteiger partial charge in [-0.15, -0.1) is 0 Å². The van der Waals surface area contributed by atoms with Crippen LogP contribution in [0.15, 0.2) is 47.4 Å². The summed E-state index contributed by atoms with van der Waals surface area (Å²) < 4.78 is 53.3. The Hall–Kier alpha value is -1.50. The van der Waals surface area contributed by atoms with Crippen LogP contribution in [0, 0.1) is 11.6 Å². The smallest absolute Gasteiger partial charge is 0.208 e. The van der Waals surface area contributed by atoms with Crippen LogP contribution in [0.4, 0.5) is 8.78 Å². The first-order valence-electron chi connectivity index (χ1n) is 7.08. The third-order valence-electron chi connectivity index (χ3n) is 3.96. The first-order valence-corrected chi connectivity index (χ1v) is 8.94. The van der Waals surface area contributed by atoms with Gasteiger partial charge in [-0.25, -0.2) is 21.9 Å². The highest BCUT2D eigenvalue weighted by Gasteiger charge is 2.34. The van der Waals surface area contributed by atoms with Gasteiger partial charge in [0.1, 0.15) is 16.5 Å². The van der Waals surface area contributed by atoms with E-state index < -0.39 is 26.6 Å². The lowest BCUT2D eigenvalue weighted by molar-refractivity contribution is 0.326. The van der Waals surface area contributed by atoms with E-state index in [-0.39, 0.29) is 12.0 Å². The van der Waals surface area contributed by atoms with Crippen LogP contribution >= 0.6 is 11.6 Å². The third-order valence-corrected chi connectivity index (χ3v) is 5.75. The molecule has 1 fully saturated rings. The fraction of sp³-hybridized carbons (Fsp3) is 0.250. The summed E-state index contributed by atoms with van der Waals surface area (Å²) in [5.41, 5.74) is 1.06. The minimum absolute atomic E-state index is 0.222. The zero-order valence-corrected chi connectivity index (χ0v) is 13.5. The summed E-state index contributed by atoms with van der Waals surface area (Å²) in [6, 6.07) is 9.58. The quantitative estimate of drug-likeness (QED) is 0.903. The Morgan fingerprint density at radius 2 is 1.83 bits per heavy atom. The fourth-order valence-corrected chi connectivity index (χ4v) is 4.24. The summed E-state index contributed by atoms with van der Waals surface area (Å²) in [4.78, 5) is -0.537. The van der Waals surface area contributed by atoms with Crippen LogP contribution in [0.2, 0.25) is 5.02 Å². The first-order chi connectivity index (χ1) is 10.8. The molecule has 0 bridgehead atoms. The van der Waals surface area contributed by atoms with Gasteiger partial charge in [-0.1, -0.05) is 23.7 Å². The molecule has 0 amide bonds. The van der Waals surface area contributed by atoms with Gasteiger partial charge < -0.3 is 0 Å². The minimum Gasteiger partial charge on any atom is -0.208 e. The van der Waals surface area contributed by atoms with Crippen molar-refractivity contribution in [2.45, 2.75) is 29.7 Å². The summed E-state index contributed by atoms with van der Waals surface area (Å²) >= 11 is 5.94. The molecule has 1 N–H and O–H groups in total. The van der Waals surface area contributed by atoms with E-state index in [4.69, 9.17) is 11.6 Å². The van der Waals surface area contributed by atoms with Gasteiger partial charge in [0.15, 0.2) is 0 Å². The van der Waals surface area contributed by atoms with Crippen LogP contribution in [0.25, 0.3) is 0 Å². The van der Waals surface area contributed by atoms with Crippen molar-refractivity contribution in [1.82, 2.24) is 4.72 Å². The summed E-state index contributed by atoms with van der Waals surface area (Å²) in [7, 11) is -4.00. The van der Waals surface area contributed by atoms with Crippen molar-refractivity contribution in [2.75, 3.05) is 0 Å². The van der Waals surface area contributed by atoms with E-state index in [9.17, 15) is 17.2 Å². The monoisotopic (exact) mass is 357 g/mol. The third kappa shape index (κ3) is 3.54. The molecule has 0 saturated heterocycles. The molecule has 0 aliphatic heterocycles. The van der Waals surface area contributed by atoms with Crippen molar-refractivity contribution < 1.29 is 17.2 Å². The Bertz CT molecular complexity index is 836. The summed E-state index contributed by atoms with van der Waals surface area (Å²) in [5, 5.41) is 0.639. The fourth-order valence-electron chi connectivity index (χ4n) is 2.72. The minimum atomic E-state index is -4.00. The van der Waals surface area contributed by atoms with Crippen LogP contribution in [0.5, 0.6) is 0 Å². The van der Waals surface area contributed by atoms with E-state index in [1.807, 2.05) is 18.2 Å². The van der Waals surface area contributed by atoms with Gasteiger partial charge in [-0.3, -0.25) is 0 Å². The molecule has 23 heavy (non-hydrogen) atoms. The Balaban J connectivity index is 1.67. The molecule has 7 heteroatoms. The molecule has 1 aliphatic carbocycles. The first kappa shape index (κ1) is 16.4. The SMILES string of the molecule is O=S(=O)(NC1CC(c2cccc(Cl)c2)C1)c1ccc(F)cc1F. The maximum atomic E-state index is 13.6. The van der Waals surface area contributed by atoms with Gasteiger partial charge in [0.05, 0.1) is 0 Å². The molecule has 122 valence electrons. The lowest BCUT2D eigenvalue weighted by Crippen LogP contribution is -2.43. The van der Waals surface area contributed by atoms with E-state index >= 15 is 0 Å². The predicted octanol–water partition coefficient (Wildman–Crippen LogP) is 3.84. The van der Waals surface area contributed by atoms with E-state index in [0.717, 1.165) is 17.7 Å². The topological polar surface area (TPSA) is 46.2 Å². The Morgan fingerprint density at radius 3 is 2.48 bits per heavy atom. The number of rotatable bonds is 4. The lowest BCUT2D eigenvalue weighted by Gasteiger charge is -2.36. The number of nitrogens with one attached hydrogen (secondary N) is 1. The largest absolute Gasteiger partial charge is 0.243 e. The van der Waals surface area contributed by atoms with Gasteiger partial charge in [-0.05, 0) is 48.6 Å². The molecule has 1 saturated carbocycles. The molecule has 0 aromatic heterocycles. The molecule has 3 rings (SSSR count). The van der Waals surface area contributed by atoms with Crippen molar-refractivity contribution in [1.29, 1.82) is 0 Å². The highest BCUT2D eigenvalue weighted by atomic mass is 35.5. The van der Waals surface area contributed by atoms with Crippen molar-refractivity contribution in [3.05, 3.63) is 64.7 Å². The highest BCUT2D eigenvalue weighted by molar-refractivity contribution is 7.89. The van der Waals surface area contributed by atoms with Crippen LogP contribution in [-0.2, 0) is 10.0 Å². The second-order valence-electron chi connectivity index (χ2n) is 5.62. The van der Waals surface area contributed by atoms with E-state index in [0.29, 0.717) is 23.9 Å². The predicted molar refractivity (Wildman–Crippen MR) is 83.9 cm³/mol. The van der Waals surface area contributed by atoms with Crippen LogP contribution in [0.3, 0.4) is 0 Å². The molecule has 2 aromatic rings. The number of halogens is 3. The highest BCUT2D eigenvalue weighted by Crippen LogP contribution is 2.38. The van der Waals surface area contributed by atoms with Crippen LogP contribution in [-0.4, -0.2) is 14.5 Å². The summed E-state index contributed by atoms with van der Waals surface area (Å²) in [5.74, 6) is -1.69. The molecule has 0 radical (unpaired) electrons. The molecular weight excluding hydrogens is 344 g/mol. The summed E-state index contributed by atoms with van der Waals surface area (Å²) in [6.07, 6.45) is 1.23. The molecule has 0 atom stereocenters. The molecule has 0 spiro atoms. The van der Waals surface area contributed by atoms with Crippen molar-refractivity contribution in [3.63, 3.8) is 0 Å². The maximum absolute atomic E-state index is 13.6. The Morgan fingerprint density at radius 1 is 1.09 bits per heavy atom. The molecular formula is C16H14ClF2NO2S. The van der Waals surface area contributed by atoms with Gasteiger partial charge in [0, 0.05) is 17.1 Å². The van der Waals surface area contributed by atoms with Gasteiger partial charge >= 0.3 is 0 Å². The number of sulfonamides is 1. The summed E-state index contributed by atoms with van der Waals surface area (Å²) in [6.45, 7) is 0. The molecule has 2 aromatic carbocycles. The molecule has 0 unspecified atom stereocenters. The number of hydrogen-bond donors (Lipinski definition) is 1. The molecule has 0 heterocycles. The standard InChI is InChI=1S/C16H14ClF2NO2S/c17-12-3-1-2-10(6-12)11-7-14(8-11)20-23(21,22)16-5-4-13(18)9-15(16)19/h1-6,9,11,14,20H,7-8H2. The lowest BCUT2D eigenvalue weighted by atomic mass is 9.76. The average Bonchev–Trinajstić information content (AvgIpc) is 2.42. The van der Waals surface area contributed by atoms with Gasteiger partial charge in [0.2, 0.25) is 10.0 Å². The zero-order chi connectivity index (χ0) is 16.6. The van der Waals surface area contributed by atoms with Crippen LogP contribution < -0.4 is 4.72 Å². The number of hydrogen-bond acceptors (Lipinski definition) is 2. The van der Waals surface area contributed by atoms with E-state index in [2.05, 4.69) is 4.72 Å². The van der Waals surface area contributed by atoms with E-state index in [1.54, 1.807) is 6.07 Å². The number of benzene rings is 2. The van der Waals surface area contributed by atoms with Gasteiger partial charge in [-0.2, -0.15) is 0 Å². The maximum Gasteiger partial charge on any atom is 0.243 e. The normalized spacial score (nSPS) is 21.0. The molecule has 1 aliphatic rings. The van der Waals surface area contributed by atoms with Crippen molar-refractivity contribution in [3.8, 4) is 0 Å². The average molecular weight is 358 g/mol. The second kappa shape index (κ2) is 6.19.